The van der Waals surface area contributed by atoms with Gasteiger partial charge in [0.25, 0.3) is 0 Å². The number of carbonyl (C=O) groups excluding carboxylic acids is 4. The Morgan fingerprint density at radius 3 is 2.35 bits per heavy atom. The largest absolute Gasteiger partial charge is 0.426 e. The lowest BCUT2D eigenvalue weighted by Crippen LogP contribution is -2.31. The van der Waals surface area contributed by atoms with Crippen LogP contribution in [-0.2, 0) is 19.2 Å². The lowest BCUT2D eigenvalue weighted by molar-refractivity contribution is -0.139. The number of allylic oxidation sites excluding steroid dienone is 2. The maximum Gasteiger partial charge on any atom is 0.316 e. The second-order valence-electron chi connectivity index (χ2n) is 9.28. The van der Waals surface area contributed by atoms with Crippen LogP contribution >= 0.6 is 0 Å². The van der Waals surface area contributed by atoms with Gasteiger partial charge in [-0.15, -0.1) is 0 Å². The monoisotopic (exact) mass is 458 g/mol. The van der Waals surface area contributed by atoms with Gasteiger partial charge in [0, 0.05) is 24.7 Å². The molecule has 7 heteroatoms. The zero-order chi connectivity index (χ0) is 24.0. The predicted octanol–water partition coefficient (Wildman–Crippen LogP) is 3.72. The molecule has 0 spiro atoms. The molecule has 2 heterocycles. The Morgan fingerprint density at radius 1 is 0.941 bits per heavy atom. The van der Waals surface area contributed by atoms with Crippen molar-refractivity contribution in [2.24, 2.45) is 17.8 Å². The van der Waals surface area contributed by atoms with Gasteiger partial charge in [-0.2, -0.15) is 0 Å². The third-order valence-electron chi connectivity index (χ3n) is 6.92. The van der Waals surface area contributed by atoms with Gasteiger partial charge in [0.05, 0.1) is 23.4 Å². The molecule has 3 amide bonds. The van der Waals surface area contributed by atoms with Crippen molar-refractivity contribution >= 4 is 35.1 Å². The van der Waals surface area contributed by atoms with E-state index in [4.69, 9.17) is 4.74 Å². The van der Waals surface area contributed by atoms with Gasteiger partial charge >= 0.3 is 5.97 Å². The van der Waals surface area contributed by atoms with Crippen LogP contribution in [0.1, 0.15) is 30.4 Å². The highest BCUT2D eigenvalue weighted by Crippen LogP contribution is 2.38. The van der Waals surface area contributed by atoms with Gasteiger partial charge in [-0.1, -0.05) is 30.4 Å². The fourth-order valence-electron chi connectivity index (χ4n) is 5.05. The highest BCUT2D eigenvalue weighted by Gasteiger charge is 2.48. The van der Waals surface area contributed by atoms with Crippen molar-refractivity contribution in [2.45, 2.75) is 33.1 Å². The Labute approximate surface area is 198 Å². The van der Waals surface area contributed by atoms with Gasteiger partial charge in [-0.05, 0) is 56.0 Å². The second-order valence-corrected chi connectivity index (χ2v) is 9.28. The van der Waals surface area contributed by atoms with Crippen LogP contribution in [0.25, 0.3) is 0 Å². The fraction of sp³-hybridized carbons (Fsp3) is 0.333. The van der Waals surface area contributed by atoms with E-state index < -0.39 is 11.9 Å². The summed E-state index contributed by atoms with van der Waals surface area (Å²) in [5, 5.41) is 0. The SMILES string of the molecule is Cc1ccc(C)c(N2C[C@H](C(=O)Oc3cccc(N4C(=O)[C@H]5CC=CC[C@@H]5C4=O)c3)CC2=O)c1. The van der Waals surface area contributed by atoms with Crippen molar-refractivity contribution in [1.82, 2.24) is 0 Å². The van der Waals surface area contributed by atoms with Crippen LogP contribution < -0.4 is 14.5 Å². The Kier molecular flexibility index (Phi) is 5.55. The summed E-state index contributed by atoms with van der Waals surface area (Å²) >= 11 is 0. The molecule has 0 radical (unpaired) electrons. The van der Waals surface area contributed by atoms with E-state index in [-0.39, 0.29) is 48.3 Å². The van der Waals surface area contributed by atoms with Crippen LogP contribution in [0.4, 0.5) is 11.4 Å². The van der Waals surface area contributed by atoms with E-state index in [0.29, 0.717) is 18.5 Å². The summed E-state index contributed by atoms with van der Waals surface area (Å²) < 4.78 is 5.59. The quantitative estimate of drug-likeness (QED) is 0.302. The van der Waals surface area contributed by atoms with Gasteiger partial charge in [-0.3, -0.25) is 19.2 Å². The van der Waals surface area contributed by atoms with E-state index >= 15 is 0 Å². The first-order chi connectivity index (χ1) is 16.3. The zero-order valence-corrected chi connectivity index (χ0v) is 19.2. The Bertz CT molecular complexity index is 1210. The number of aryl methyl sites for hydroxylation is 2. The van der Waals surface area contributed by atoms with E-state index in [1.165, 1.54) is 11.0 Å². The molecule has 0 bridgehead atoms. The van der Waals surface area contributed by atoms with Crippen molar-refractivity contribution in [2.75, 3.05) is 16.3 Å². The topological polar surface area (TPSA) is 84.0 Å². The van der Waals surface area contributed by atoms with Crippen molar-refractivity contribution in [3.63, 3.8) is 0 Å². The molecule has 3 aliphatic rings. The van der Waals surface area contributed by atoms with Crippen molar-refractivity contribution in [3.8, 4) is 5.75 Å². The standard InChI is InChI=1S/C27H26N2O5/c1-16-10-11-17(2)23(12-16)28-15-18(13-24(28)30)27(33)34-20-7-5-6-19(14-20)29-25(31)21-8-3-4-9-22(21)26(29)32/h3-7,10-12,14,18,21-22H,8-9,13,15H2,1-2H3/t18-,21+,22+/m1/s1. The molecule has 2 aromatic carbocycles. The molecule has 174 valence electrons. The first-order valence-corrected chi connectivity index (χ1v) is 11.6. The Hall–Kier alpha value is -3.74. The van der Waals surface area contributed by atoms with Crippen molar-refractivity contribution in [3.05, 3.63) is 65.7 Å². The van der Waals surface area contributed by atoms with Gasteiger partial charge in [0.2, 0.25) is 17.7 Å². The lowest BCUT2D eigenvalue weighted by Gasteiger charge is -2.19. The summed E-state index contributed by atoms with van der Waals surface area (Å²) in [7, 11) is 0. The van der Waals surface area contributed by atoms with E-state index in [9.17, 15) is 19.2 Å². The van der Waals surface area contributed by atoms with E-state index in [2.05, 4.69) is 0 Å². The van der Waals surface area contributed by atoms with Crippen molar-refractivity contribution < 1.29 is 23.9 Å². The number of benzene rings is 2. The van der Waals surface area contributed by atoms with E-state index in [0.717, 1.165) is 16.8 Å². The number of anilines is 2. The van der Waals surface area contributed by atoms with Gasteiger partial charge in [0.1, 0.15) is 5.75 Å². The summed E-state index contributed by atoms with van der Waals surface area (Å²) in [6, 6.07) is 12.4. The number of rotatable bonds is 4. The minimum Gasteiger partial charge on any atom is -0.426 e. The van der Waals surface area contributed by atoms with Crippen LogP contribution in [0.15, 0.2) is 54.6 Å². The molecule has 2 aromatic rings. The number of carbonyl (C=O) groups is 4. The molecule has 3 atom stereocenters. The lowest BCUT2D eigenvalue weighted by atomic mass is 9.85. The summed E-state index contributed by atoms with van der Waals surface area (Å²) in [5.41, 5.74) is 3.22. The molecule has 0 aromatic heterocycles. The van der Waals surface area contributed by atoms with Crippen LogP contribution in [0, 0.1) is 31.6 Å². The number of fused-ring (bicyclic) bond motifs is 1. The van der Waals surface area contributed by atoms with Gasteiger partial charge in [-0.25, -0.2) is 4.90 Å². The number of hydrogen-bond acceptors (Lipinski definition) is 5. The molecular formula is C27H26N2O5. The molecule has 2 saturated heterocycles. The Morgan fingerprint density at radius 2 is 1.65 bits per heavy atom. The van der Waals surface area contributed by atoms with Gasteiger partial charge < -0.3 is 9.64 Å². The molecule has 0 saturated carbocycles. The fourth-order valence-corrected chi connectivity index (χ4v) is 5.05. The molecule has 0 unspecified atom stereocenters. The van der Waals surface area contributed by atoms with Gasteiger partial charge in [0.15, 0.2) is 0 Å². The summed E-state index contributed by atoms with van der Waals surface area (Å²) in [6.07, 6.45) is 5.09. The number of esters is 1. The maximum atomic E-state index is 12.9. The highest BCUT2D eigenvalue weighted by atomic mass is 16.5. The zero-order valence-electron chi connectivity index (χ0n) is 19.2. The molecule has 2 aliphatic heterocycles. The Balaban J connectivity index is 1.30. The number of ether oxygens (including phenoxy) is 1. The molecule has 2 fully saturated rings. The molecular weight excluding hydrogens is 432 g/mol. The summed E-state index contributed by atoms with van der Waals surface area (Å²) in [4.78, 5) is 54.2. The van der Waals surface area contributed by atoms with Crippen molar-refractivity contribution in [1.29, 1.82) is 0 Å². The molecule has 34 heavy (non-hydrogen) atoms. The minimum atomic E-state index is -0.597. The highest BCUT2D eigenvalue weighted by molar-refractivity contribution is 6.22. The number of nitrogens with zero attached hydrogens (tertiary/aromatic N) is 2. The smallest absolute Gasteiger partial charge is 0.316 e. The molecule has 7 nitrogen and oxygen atoms in total. The minimum absolute atomic E-state index is 0.0748. The average molecular weight is 459 g/mol. The first-order valence-electron chi connectivity index (χ1n) is 11.6. The van der Waals surface area contributed by atoms with E-state index in [1.807, 2.05) is 44.2 Å². The van der Waals surface area contributed by atoms with Crippen LogP contribution in [-0.4, -0.2) is 30.2 Å². The third-order valence-corrected chi connectivity index (χ3v) is 6.92. The molecule has 0 N–H and O–H groups in total. The predicted molar refractivity (Wildman–Crippen MR) is 126 cm³/mol. The molecule has 5 rings (SSSR count). The second kappa shape index (κ2) is 8.56. The average Bonchev–Trinajstić information content (AvgIpc) is 3.33. The third kappa shape index (κ3) is 3.81. The number of hydrogen-bond donors (Lipinski definition) is 0. The summed E-state index contributed by atoms with van der Waals surface area (Å²) in [5.74, 6) is -2.06. The molecule has 1 aliphatic carbocycles. The number of amides is 3. The van der Waals surface area contributed by atoms with Crippen LogP contribution in [0.2, 0.25) is 0 Å². The summed E-state index contributed by atoms with van der Waals surface area (Å²) in [6.45, 7) is 4.15. The van der Waals surface area contributed by atoms with E-state index in [1.54, 1.807) is 23.1 Å². The first kappa shape index (κ1) is 22.1. The maximum absolute atomic E-state index is 12.9. The normalized spacial score (nSPS) is 24.1. The van der Waals surface area contributed by atoms with Crippen LogP contribution in [0.5, 0.6) is 5.75 Å². The number of imide groups is 1. The van der Waals surface area contributed by atoms with Crippen LogP contribution in [0.3, 0.4) is 0 Å².